The molecule has 0 heterocycles. The maximum Gasteiger partial charge on any atom is 0.241 e. The van der Waals surface area contributed by atoms with Gasteiger partial charge >= 0.3 is 0 Å². The number of hydrogen-bond acceptors (Lipinski definition) is 3. The topological polar surface area (TPSA) is 89.3 Å². The van der Waals surface area contributed by atoms with Gasteiger partial charge in [-0.25, -0.2) is 13.1 Å². The van der Waals surface area contributed by atoms with E-state index >= 15 is 0 Å². The molecule has 7 heteroatoms. The van der Waals surface area contributed by atoms with Crippen LogP contribution in [0.5, 0.6) is 0 Å². The van der Waals surface area contributed by atoms with Crippen LogP contribution in [0.3, 0.4) is 0 Å². The number of sulfonamides is 1. The standard InChI is InChI=1S/C12H17BrN2O3S/c1-8-4-5-9(13)6-10(8)19(17,18)15-12(2,3)7-11(14)16/h4-6,15H,7H2,1-3H3,(H2,14,16). The summed E-state index contributed by atoms with van der Waals surface area (Å²) in [6.07, 6.45) is -0.0702. The average molecular weight is 349 g/mol. The highest BCUT2D eigenvalue weighted by atomic mass is 79.9. The second kappa shape index (κ2) is 5.60. The van der Waals surface area contributed by atoms with E-state index in [2.05, 4.69) is 20.7 Å². The Bertz CT molecular complexity index is 597. The van der Waals surface area contributed by atoms with Crippen molar-refractivity contribution in [2.24, 2.45) is 5.73 Å². The molecular formula is C12H17BrN2O3S. The van der Waals surface area contributed by atoms with Crippen molar-refractivity contribution in [2.45, 2.75) is 37.6 Å². The van der Waals surface area contributed by atoms with Gasteiger partial charge in [0.25, 0.3) is 0 Å². The van der Waals surface area contributed by atoms with E-state index in [9.17, 15) is 13.2 Å². The normalized spacial score (nSPS) is 12.4. The first-order valence-corrected chi connectivity index (χ1v) is 7.89. The molecule has 0 aromatic heterocycles. The van der Waals surface area contributed by atoms with Crippen molar-refractivity contribution in [1.29, 1.82) is 0 Å². The number of nitrogens with one attached hydrogen (secondary N) is 1. The van der Waals surface area contributed by atoms with Crippen LogP contribution in [0.2, 0.25) is 0 Å². The fourth-order valence-corrected chi connectivity index (χ4v) is 3.95. The van der Waals surface area contributed by atoms with Gasteiger partial charge in [0.1, 0.15) is 0 Å². The van der Waals surface area contributed by atoms with Crippen molar-refractivity contribution in [3.05, 3.63) is 28.2 Å². The third kappa shape index (κ3) is 4.59. The molecule has 0 saturated carbocycles. The number of rotatable bonds is 5. The molecular weight excluding hydrogens is 332 g/mol. The van der Waals surface area contributed by atoms with E-state index in [1.54, 1.807) is 32.9 Å². The third-order valence-electron chi connectivity index (χ3n) is 2.47. The van der Waals surface area contributed by atoms with Gasteiger partial charge in [-0.2, -0.15) is 0 Å². The molecule has 0 saturated heterocycles. The van der Waals surface area contributed by atoms with Crippen LogP contribution in [0.25, 0.3) is 0 Å². The van der Waals surface area contributed by atoms with E-state index in [1.807, 2.05) is 0 Å². The maximum atomic E-state index is 12.3. The predicted octanol–water partition coefficient (Wildman–Crippen LogP) is 1.69. The zero-order valence-electron chi connectivity index (χ0n) is 11.0. The number of nitrogens with two attached hydrogens (primary N) is 1. The summed E-state index contributed by atoms with van der Waals surface area (Å²) in [4.78, 5) is 11.1. The summed E-state index contributed by atoms with van der Waals surface area (Å²) in [5.41, 5.74) is 4.81. The fourth-order valence-electron chi connectivity index (χ4n) is 1.75. The van der Waals surface area contributed by atoms with Crippen molar-refractivity contribution in [2.75, 3.05) is 0 Å². The van der Waals surface area contributed by atoms with E-state index in [4.69, 9.17) is 5.73 Å². The molecule has 0 bridgehead atoms. The highest BCUT2D eigenvalue weighted by Crippen LogP contribution is 2.22. The van der Waals surface area contributed by atoms with Gasteiger partial charge in [-0.15, -0.1) is 0 Å². The zero-order valence-corrected chi connectivity index (χ0v) is 13.4. The van der Waals surface area contributed by atoms with Crippen LogP contribution in [0.15, 0.2) is 27.6 Å². The van der Waals surface area contributed by atoms with Crippen LogP contribution in [0, 0.1) is 6.92 Å². The Hall–Kier alpha value is -0.920. The van der Waals surface area contributed by atoms with Crippen molar-refractivity contribution < 1.29 is 13.2 Å². The average Bonchev–Trinajstić information content (AvgIpc) is 2.17. The van der Waals surface area contributed by atoms with E-state index < -0.39 is 21.5 Å². The quantitative estimate of drug-likeness (QED) is 0.848. The Balaban J connectivity index is 3.11. The summed E-state index contributed by atoms with van der Waals surface area (Å²) in [7, 11) is -3.70. The molecule has 5 nitrogen and oxygen atoms in total. The van der Waals surface area contributed by atoms with Gasteiger partial charge in [0.15, 0.2) is 0 Å². The predicted molar refractivity (Wildman–Crippen MR) is 77.1 cm³/mol. The summed E-state index contributed by atoms with van der Waals surface area (Å²) in [5, 5.41) is 0. The van der Waals surface area contributed by atoms with Gasteiger partial charge in [-0.05, 0) is 38.5 Å². The first-order valence-electron chi connectivity index (χ1n) is 5.62. The molecule has 0 unspecified atom stereocenters. The summed E-state index contributed by atoms with van der Waals surface area (Å²) >= 11 is 3.24. The minimum absolute atomic E-state index is 0.0702. The number of carbonyl (C=O) groups excluding carboxylic acids is 1. The Morgan fingerprint density at radius 3 is 2.53 bits per heavy atom. The van der Waals surface area contributed by atoms with E-state index in [0.29, 0.717) is 10.0 Å². The molecule has 19 heavy (non-hydrogen) atoms. The van der Waals surface area contributed by atoms with Crippen molar-refractivity contribution in [3.8, 4) is 0 Å². The van der Waals surface area contributed by atoms with Gasteiger partial charge in [0.05, 0.1) is 4.90 Å². The van der Waals surface area contributed by atoms with E-state index in [-0.39, 0.29) is 11.3 Å². The molecule has 1 rings (SSSR count). The molecule has 1 aromatic carbocycles. The number of amides is 1. The molecule has 0 aliphatic carbocycles. The van der Waals surface area contributed by atoms with Gasteiger partial charge < -0.3 is 5.73 Å². The van der Waals surface area contributed by atoms with Crippen molar-refractivity contribution >= 4 is 31.9 Å². The second-order valence-electron chi connectivity index (χ2n) is 5.04. The lowest BCUT2D eigenvalue weighted by Crippen LogP contribution is -2.46. The first kappa shape index (κ1) is 16.1. The van der Waals surface area contributed by atoms with Crippen LogP contribution in [-0.4, -0.2) is 19.9 Å². The lowest BCUT2D eigenvalue weighted by Gasteiger charge is -2.25. The molecule has 0 aliphatic heterocycles. The van der Waals surface area contributed by atoms with Crippen molar-refractivity contribution in [1.82, 2.24) is 4.72 Å². The molecule has 3 N–H and O–H groups in total. The maximum absolute atomic E-state index is 12.3. The SMILES string of the molecule is Cc1ccc(Br)cc1S(=O)(=O)NC(C)(C)CC(N)=O. The lowest BCUT2D eigenvalue weighted by molar-refractivity contribution is -0.119. The molecule has 1 aromatic rings. The zero-order chi connectivity index (χ0) is 14.8. The summed E-state index contributed by atoms with van der Waals surface area (Å²) < 4.78 is 27.8. The molecule has 0 aliphatic rings. The molecule has 1 amide bonds. The smallest absolute Gasteiger partial charge is 0.241 e. The van der Waals surface area contributed by atoms with Crippen molar-refractivity contribution in [3.63, 3.8) is 0 Å². The number of aryl methyl sites for hydroxylation is 1. The Labute approximate surface area is 121 Å². The number of carbonyl (C=O) groups is 1. The van der Waals surface area contributed by atoms with Gasteiger partial charge in [-0.3, -0.25) is 4.79 Å². The van der Waals surface area contributed by atoms with Crippen LogP contribution in [0.1, 0.15) is 25.8 Å². The molecule has 0 spiro atoms. The monoisotopic (exact) mass is 348 g/mol. The number of benzene rings is 1. The van der Waals surface area contributed by atoms with Crippen LogP contribution >= 0.6 is 15.9 Å². The molecule has 0 fully saturated rings. The minimum atomic E-state index is -3.70. The molecule has 106 valence electrons. The van der Waals surface area contributed by atoms with Gasteiger partial charge in [0, 0.05) is 16.4 Å². The Morgan fingerprint density at radius 2 is 2.00 bits per heavy atom. The molecule has 0 atom stereocenters. The fraction of sp³-hybridized carbons (Fsp3) is 0.417. The summed E-state index contributed by atoms with van der Waals surface area (Å²) in [6.45, 7) is 4.94. The third-order valence-corrected chi connectivity index (χ3v) is 4.80. The number of hydrogen-bond donors (Lipinski definition) is 2. The lowest BCUT2D eigenvalue weighted by atomic mass is 10.0. The van der Waals surface area contributed by atoms with Gasteiger partial charge in [0.2, 0.25) is 15.9 Å². The van der Waals surface area contributed by atoms with Crippen LogP contribution in [-0.2, 0) is 14.8 Å². The first-order chi connectivity index (χ1) is 8.53. The Morgan fingerprint density at radius 1 is 1.42 bits per heavy atom. The number of halogens is 1. The second-order valence-corrected chi connectivity index (χ2v) is 7.61. The highest BCUT2D eigenvalue weighted by Gasteiger charge is 2.28. The van der Waals surface area contributed by atoms with Crippen LogP contribution < -0.4 is 10.5 Å². The summed E-state index contributed by atoms with van der Waals surface area (Å²) in [5.74, 6) is -0.557. The Kier molecular flexibility index (Phi) is 4.76. The van der Waals surface area contributed by atoms with Gasteiger partial charge in [-0.1, -0.05) is 22.0 Å². The summed E-state index contributed by atoms with van der Waals surface area (Å²) in [6, 6.07) is 5.00. The van der Waals surface area contributed by atoms with Crippen LogP contribution in [0.4, 0.5) is 0 Å². The minimum Gasteiger partial charge on any atom is -0.370 e. The highest BCUT2D eigenvalue weighted by molar-refractivity contribution is 9.10. The largest absolute Gasteiger partial charge is 0.370 e. The number of primary amides is 1. The molecule has 0 radical (unpaired) electrons. The van der Waals surface area contributed by atoms with E-state index in [0.717, 1.165) is 0 Å². The van der Waals surface area contributed by atoms with E-state index in [1.165, 1.54) is 6.07 Å².